The summed E-state index contributed by atoms with van der Waals surface area (Å²) in [5.41, 5.74) is 0. The third-order valence-electron chi connectivity index (χ3n) is 3.72. The van der Waals surface area contributed by atoms with Crippen LogP contribution in [-0.2, 0) is 0 Å². The predicted molar refractivity (Wildman–Crippen MR) is 53.6 cm³/mol. The quantitative estimate of drug-likeness (QED) is 0.668. The van der Waals surface area contributed by atoms with Gasteiger partial charge in [-0.25, -0.2) is 0 Å². The lowest BCUT2D eigenvalue weighted by molar-refractivity contribution is 0.124. The zero-order valence-electron chi connectivity index (χ0n) is 8.58. The first kappa shape index (κ1) is 9.47. The molecule has 2 heteroatoms. The number of rotatable bonds is 1. The molecule has 1 aliphatic carbocycles. The van der Waals surface area contributed by atoms with E-state index in [2.05, 4.69) is 11.8 Å². The van der Waals surface area contributed by atoms with Crippen LogP contribution in [0.2, 0.25) is 0 Å². The van der Waals surface area contributed by atoms with Gasteiger partial charge in [0.15, 0.2) is 0 Å². The van der Waals surface area contributed by atoms with Crippen molar-refractivity contribution in [3.05, 3.63) is 0 Å². The van der Waals surface area contributed by atoms with E-state index in [-0.39, 0.29) is 6.10 Å². The largest absolute Gasteiger partial charge is 0.393 e. The summed E-state index contributed by atoms with van der Waals surface area (Å²) in [5.74, 6) is 0.520. The normalized spacial score (nSPS) is 42.5. The van der Waals surface area contributed by atoms with Gasteiger partial charge in [-0.15, -0.1) is 0 Å². The molecular formula is C11H21NO. The molecule has 1 heterocycles. The first-order chi connectivity index (χ1) is 6.27. The van der Waals surface area contributed by atoms with E-state index in [9.17, 15) is 5.11 Å². The summed E-state index contributed by atoms with van der Waals surface area (Å²) in [7, 11) is 0. The molecule has 1 aliphatic heterocycles. The Bertz CT molecular complexity index is 155. The minimum absolute atomic E-state index is 0.0353. The van der Waals surface area contributed by atoms with E-state index in [0.29, 0.717) is 12.0 Å². The average Bonchev–Trinajstić information content (AvgIpc) is 2.49. The molecule has 13 heavy (non-hydrogen) atoms. The van der Waals surface area contributed by atoms with Gasteiger partial charge in [0, 0.05) is 6.04 Å². The molecule has 0 aromatic heterocycles. The Morgan fingerprint density at radius 2 is 1.77 bits per heavy atom. The first-order valence-electron chi connectivity index (χ1n) is 5.69. The molecule has 0 aromatic carbocycles. The summed E-state index contributed by atoms with van der Waals surface area (Å²) in [6.07, 6.45) is 6.32. The van der Waals surface area contributed by atoms with E-state index in [1.807, 2.05) is 0 Å². The van der Waals surface area contributed by atoms with E-state index >= 15 is 0 Å². The van der Waals surface area contributed by atoms with Crippen molar-refractivity contribution in [2.45, 2.75) is 51.2 Å². The highest BCUT2D eigenvalue weighted by molar-refractivity contribution is 4.87. The molecule has 1 saturated carbocycles. The molecule has 0 amide bonds. The molecule has 2 nitrogen and oxygen atoms in total. The molecular weight excluding hydrogens is 162 g/mol. The van der Waals surface area contributed by atoms with Gasteiger partial charge in [0.05, 0.1) is 6.10 Å². The third-order valence-corrected chi connectivity index (χ3v) is 3.72. The molecule has 76 valence electrons. The van der Waals surface area contributed by atoms with Gasteiger partial charge < -0.3 is 10.0 Å². The Balaban J connectivity index is 1.87. The van der Waals surface area contributed by atoms with Gasteiger partial charge in [-0.3, -0.25) is 0 Å². The van der Waals surface area contributed by atoms with E-state index in [4.69, 9.17) is 0 Å². The van der Waals surface area contributed by atoms with Crippen molar-refractivity contribution in [2.75, 3.05) is 13.1 Å². The molecule has 0 bridgehead atoms. The Morgan fingerprint density at radius 3 is 2.31 bits per heavy atom. The van der Waals surface area contributed by atoms with E-state index < -0.39 is 0 Å². The minimum atomic E-state index is -0.0353. The maximum Gasteiger partial charge on any atom is 0.0581 e. The fraction of sp³-hybridized carbons (Fsp3) is 1.00. The van der Waals surface area contributed by atoms with E-state index in [1.165, 1.54) is 38.8 Å². The van der Waals surface area contributed by atoms with E-state index in [1.54, 1.807) is 0 Å². The number of aliphatic hydroxyl groups is 1. The van der Waals surface area contributed by atoms with Crippen LogP contribution in [0, 0.1) is 5.92 Å². The van der Waals surface area contributed by atoms with Crippen molar-refractivity contribution in [1.29, 1.82) is 0 Å². The zero-order valence-corrected chi connectivity index (χ0v) is 8.58. The topological polar surface area (TPSA) is 23.5 Å². The minimum Gasteiger partial charge on any atom is -0.393 e. The number of likely N-dealkylation sites (tertiary alicyclic amines) is 1. The number of hydrogen-bond donors (Lipinski definition) is 1. The van der Waals surface area contributed by atoms with Gasteiger partial charge >= 0.3 is 0 Å². The number of hydrogen-bond acceptors (Lipinski definition) is 2. The van der Waals surface area contributed by atoms with Crippen molar-refractivity contribution in [3.8, 4) is 0 Å². The lowest BCUT2D eigenvalue weighted by atomic mass is 10.1. The van der Waals surface area contributed by atoms with Crippen LogP contribution < -0.4 is 0 Å². The van der Waals surface area contributed by atoms with Crippen molar-refractivity contribution >= 4 is 0 Å². The molecule has 2 aliphatic rings. The highest BCUT2D eigenvalue weighted by Crippen LogP contribution is 2.30. The summed E-state index contributed by atoms with van der Waals surface area (Å²) < 4.78 is 0. The molecule has 0 aromatic rings. The molecule has 0 radical (unpaired) electrons. The van der Waals surface area contributed by atoms with Crippen LogP contribution in [0.15, 0.2) is 0 Å². The number of nitrogens with zero attached hydrogens (tertiary/aromatic N) is 1. The Hall–Kier alpha value is -0.0800. The molecule has 3 unspecified atom stereocenters. The molecule has 1 saturated heterocycles. The first-order valence-corrected chi connectivity index (χ1v) is 5.69. The Morgan fingerprint density at radius 1 is 1.08 bits per heavy atom. The monoisotopic (exact) mass is 183 g/mol. The second-order valence-electron chi connectivity index (χ2n) is 4.77. The Labute approximate surface area is 80.9 Å². The zero-order chi connectivity index (χ0) is 9.26. The number of aliphatic hydroxyl groups excluding tert-OH is 1. The maximum atomic E-state index is 9.67. The highest BCUT2D eigenvalue weighted by atomic mass is 16.3. The summed E-state index contributed by atoms with van der Waals surface area (Å²) in [5, 5.41) is 9.67. The molecule has 2 rings (SSSR count). The SMILES string of the molecule is CC1CC(N2CCCCC2)CC1O. The van der Waals surface area contributed by atoms with Crippen LogP contribution >= 0.6 is 0 Å². The summed E-state index contributed by atoms with van der Waals surface area (Å²) in [4.78, 5) is 2.59. The lowest BCUT2D eigenvalue weighted by Crippen LogP contribution is -2.38. The molecule has 0 spiro atoms. The summed E-state index contributed by atoms with van der Waals surface area (Å²) >= 11 is 0. The van der Waals surface area contributed by atoms with Gasteiger partial charge in [0.25, 0.3) is 0 Å². The molecule has 1 N–H and O–H groups in total. The highest BCUT2D eigenvalue weighted by Gasteiger charge is 2.33. The van der Waals surface area contributed by atoms with Crippen LogP contribution in [0.5, 0.6) is 0 Å². The number of piperidine rings is 1. The fourth-order valence-corrected chi connectivity index (χ4v) is 2.78. The van der Waals surface area contributed by atoms with Crippen molar-refractivity contribution < 1.29 is 5.11 Å². The van der Waals surface area contributed by atoms with Crippen LogP contribution in [-0.4, -0.2) is 35.2 Å². The van der Waals surface area contributed by atoms with Gasteiger partial charge in [-0.05, 0) is 44.7 Å². The van der Waals surface area contributed by atoms with Crippen molar-refractivity contribution in [2.24, 2.45) is 5.92 Å². The van der Waals surface area contributed by atoms with Crippen LogP contribution in [0.1, 0.15) is 39.0 Å². The third kappa shape index (κ3) is 2.05. The smallest absolute Gasteiger partial charge is 0.0581 e. The van der Waals surface area contributed by atoms with Gasteiger partial charge in [-0.1, -0.05) is 13.3 Å². The van der Waals surface area contributed by atoms with Crippen LogP contribution in [0.3, 0.4) is 0 Å². The summed E-state index contributed by atoms with van der Waals surface area (Å²) in [6.45, 7) is 4.71. The maximum absolute atomic E-state index is 9.67. The lowest BCUT2D eigenvalue weighted by Gasteiger charge is -2.32. The standard InChI is InChI=1S/C11H21NO/c1-9-7-10(8-11(9)13)12-5-3-2-4-6-12/h9-11,13H,2-8H2,1H3. The second-order valence-corrected chi connectivity index (χ2v) is 4.77. The average molecular weight is 183 g/mol. The van der Waals surface area contributed by atoms with Crippen LogP contribution in [0.4, 0.5) is 0 Å². The Kier molecular flexibility index (Phi) is 2.89. The molecule has 3 atom stereocenters. The van der Waals surface area contributed by atoms with Crippen molar-refractivity contribution in [1.82, 2.24) is 4.90 Å². The van der Waals surface area contributed by atoms with Gasteiger partial charge in [-0.2, -0.15) is 0 Å². The van der Waals surface area contributed by atoms with E-state index in [0.717, 1.165) is 6.42 Å². The van der Waals surface area contributed by atoms with Gasteiger partial charge in [0.2, 0.25) is 0 Å². The van der Waals surface area contributed by atoms with Gasteiger partial charge in [0.1, 0.15) is 0 Å². The summed E-state index contributed by atoms with van der Waals surface area (Å²) in [6, 6.07) is 0.685. The molecule has 2 fully saturated rings. The second kappa shape index (κ2) is 3.97. The van der Waals surface area contributed by atoms with Crippen LogP contribution in [0.25, 0.3) is 0 Å². The van der Waals surface area contributed by atoms with Crippen molar-refractivity contribution in [3.63, 3.8) is 0 Å². The fourth-order valence-electron chi connectivity index (χ4n) is 2.78. The predicted octanol–water partition coefficient (Wildman–Crippen LogP) is 1.63.